The second-order valence-electron chi connectivity index (χ2n) is 6.71. The Morgan fingerprint density at radius 3 is 2.88 bits per heavy atom. The molecular formula is C20H21FN4O. The number of rotatable bonds is 6. The highest BCUT2D eigenvalue weighted by molar-refractivity contribution is 5.34. The Bertz CT molecular complexity index is 860. The van der Waals surface area contributed by atoms with Gasteiger partial charge in [-0.1, -0.05) is 24.3 Å². The number of benzene rings is 2. The van der Waals surface area contributed by atoms with Gasteiger partial charge in [0.1, 0.15) is 18.5 Å². The summed E-state index contributed by atoms with van der Waals surface area (Å²) >= 11 is 0. The van der Waals surface area contributed by atoms with Crippen LogP contribution in [0.2, 0.25) is 0 Å². The van der Waals surface area contributed by atoms with Crippen molar-refractivity contribution < 1.29 is 9.13 Å². The van der Waals surface area contributed by atoms with Gasteiger partial charge < -0.3 is 10.1 Å². The number of nitrogens with zero attached hydrogens (tertiary/aromatic N) is 3. The van der Waals surface area contributed by atoms with Gasteiger partial charge in [0.05, 0.1) is 12.3 Å². The average Bonchev–Trinajstić information content (AvgIpc) is 3.35. The van der Waals surface area contributed by atoms with Crippen LogP contribution < -0.4 is 5.32 Å². The fourth-order valence-corrected chi connectivity index (χ4v) is 3.49. The molecule has 0 spiro atoms. The highest BCUT2D eigenvalue weighted by atomic mass is 19.1. The molecule has 3 aromatic rings. The van der Waals surface area contributed by atoms with Crippen molar-refractivity contribution in [3.05, 3.63) is 78.1 Å². The highest BCUT2D eigenvalue weighted by Gasteiger charge is 2.36. The highest BCUT2D eigenvalue weighted by Crippen LogP contribution is 2.33. The first-order valence-corrected chi connectivity index (χ1v) is 8.74. The molecule has 0 bridgehead atoms. The smallest absolute Gasteiger partial charge is 0.138 e. The van der Waals surface area contributed by atoms with Crippen LogP contribution in [0.15, 0.2) is 61.2 Å². The molecule has 0 aliphatic carbocycles. The van der Waals surface area contributed by atoms with E-state index in [2.05, 4.69) is 27.5 Å². The van der Waals surface area contributed by atoms with Crippen LogP contribution in [0.5, 0.6) is 0 Å². The zero-order valence-electron chi connectivity index (χ0n) is 14.4. The lowest BCUT2D eigenvalue weighted by atomic mass is 9.79. The van der Waals surface area contributed by atoms with Crippen molar-refractivity contribution in [2.75, 3.05) is 19.8 Å². The topological polar surface area (TPSA) is 52.0 Å². The molecule has 4 rings (SSSR count). The number of hydrogen-bond acceptors (Lipinski definition) is 4. The summed E-state index contributed by atoms with van der Waals surface area (Å²) in [5.74, 6) is -0.200. The molecule has 1 aromatic heterocycles. The molecule has 0 saturated carbocycles. The SMILES string of the molecule is Fc1cccc(C2(CNCc3cccc(-n4cncn4)c3)CCOC2)c1. The quantitative estimate of drug-likeness (QED) is 0.741. The van der Waals surface area contributed by atoms with Crippen LogP contribution in [-0.4, -0.2) is 34.5 Å². The zero-order chi connectivity index (χ0) is 17.8. The number of aromatic nitrogens is 3. The van der Waals surface area contributed by atoms with Crippen molar-refractivity contribution in [1.29, 1.82) is 0 Å². The second-order valence-corrected chi connectivity index (χ2v) is 6.71. The predicted octanol–water partition coefficient (Wildman–Crippen LogP) is 2.85. The van der Waals surface area contributed by atoms with Crippen molar-refractivity contribution in [3.8, 4) is 5.69 Å². The van der Waals surface area contributed by atoms with Gasteiger partial charge in [0.25, 0.3) is 0 Å². The first-order chi connectivity index (χ1) is 12.8. The van der Waals surface area contributed by atoms with Crippen molar-refractivity contribution >= 4 is 0 Å². The second kappa shape index (κ2) is 7.35. The van der Waals surface area contributed by atoms with Crippen LogP contribution in [0.25, 0.3) is 5.69 Å². The van der Waals surface area contributed by atoms with E-state index in [9.17, 15) is 4.39 Å². The predicted molar refractivity (Wildman–Crippen MR) is 96.6 cm³/mol. The summed E-state index contributed by atoms with van der Waals surface area (Å²) in [5, 5.41) is 7.69. The summed E-state index contributed by atoms with van der Waals surface area (Å²) in [6.45, 7) is 2.78. The molecule has 26 heavy (non-hydrogen) atoms. The van der Waals surface area contributed by atoms with Crippen LogP contribution in [0.4, 0.5) is 4.39 Å². The molecular weight excluding hydrogens is 331 g/mol. The Balaban J connectivity index is 1.45. The number of ether oxygens (including phenoxy) is 1. The van der Waals surface area contributed by atoms with Gasteiger partial charge >= 0.3 is 0 Å². The van der Waals surface area contributed by atoms with Crippen molar-refractivity contribution in [2.45, 2.75) is 18.4 Å². The summed E-state index contributed by atoms with van der Waals surface area (Å²) in [5.41, 5.74) is 2.96. The fourth-order valence-electron chi connectivity index (χ4n) is 3.49. The Labute approximate surface area is 151 Å². The Morgan fingerprint density at radius 1 is 1.19 bits per heavy atom. The largest absolute Gasteiger partial charge is 0.380 e. The maximum atomic E-state index is 13.7. The minimum atomic E-state index is -0.200. The van der Waals surface area contributed by atoms with E-state index < -0.39 is 0 Å². The normalized spacial score (nSPS) is 19.7. The molecule has 6 heteroatoms. The van der Waals surface area contributed by atoms with Gasteiger partial charge in [0.2, 0.25) is 0 Å². The number of nitrogens with one attached hydrogen (secondary N) is 1. The van der Waals surface area contributed by atoms with E-state index in [-0.39, 0.29) is 11.2 Å². The molecule has 1 atom stereocenters. The van der Waals surface area contributed by atoms with Crippen LogP contribution >= 0.6 is 0 Å². The minimum Gasteiger partial charge on any atom is -0.380 e. The molecule has 2 aromatic carbocycles. The summed E-state index contributed by atoms with van der Waals surface area (Å²) in [6, 6.07) is 15.0. The summed E-state index contributed by atoms with van der Waals surface area (Å²) in [7, 11) is 0. The summed E-state index contributed by atoms with van der Waals surface area (Å²) in [4.78, 5) is 3.98. The van der Waals surface area contributed by atoms with Crippen molar-refractivity contribution in [3.63, 3.8) is 0 Å². The van der Waals surface area contributed by atoms with E-state index >= 15 is 0 Å². The average molecular weight is 352 g/mol. The van der Waals surface area contributed by atoms with Gasteiger partial charge in [-0.3, -0.25) is 0 Å². The molecule has 1 N–H and O–H groups in total. The van der Waals surface area contributed by atoms with E-state index in [0.717, 1.165) is 36.3 Å². The third-order valence-electron chi connectivity index (χ3n) is 4.93. The van der Waals surface area contributed by atoms with Gasteiger partial charge in [-0.05, 0) is 41.8 Å². The Morgan fingerprint density at radius 2 is 2.12 bits per heavy atom. The summed E-state index contributed by atoms with van der Waals surface area (Å²) < 4.78 is 21.1. The molecule has 1 unspecified atom stereocenters. The molecule has 1 aliphatic heterocycles. The maximum Gasteiger partial charge on any atom is 0.138 e. The van der Waals surface area contributed by atoms with E-state index in [1.807, 2.05) is 18.2 Å². The third-order valence-corrected chi connectivity index (χ3v) is 4.93. The molecule has 5 nitrogen and oxygen atoms in total. The molecule has 0 radical (unpaired) electrons. The maximum absolute atomic E-state index is 13.7. The van der Waals surface area contributed by atoms with Crippen LogP contribution in [-0.2, 0) is 16.7 Å². The lowest BCUT2D eigenvalue weighted by molar-refractivity contribution is 0.176. The first-order valence-electron chi connectivity index (χ1n) is 8.74. The molecule has 1 saturated heterocycles. The van der Waals surface area contributed by atoms with Gasteiger partial charge in [-0.2, -0.15) is 5.10 Å². The van der Waals surface area contributed by atoms with E-state index in [0.29, 0.717) is 13.2 Å². The molecule has 1 aliphatic rings. The summed E-state index contributed by atoms with van der Waals surface area (Å²) in [6.07, 6.45) is 4.09. The fraction of sp³-hybridized carbons (Fsp3) is 0.300. The Hall–Kier alpha value is -2.57. The third kappa shape index (κ3) is 3.52. The Kier molecular flexibility index (Phi) is 4.77. The standard InChI is InChI=1S/C20H21FN4O/c21-18-5-2-4-17(10-18)20(7-8-26-13-20)12-22-11-16-3-1-6-19(9-16)25-15-23-14-24-25/h1-6,9-10,14-15,22H,7-8,11-13H2. The number of halogens is 1. The van der Waals surface area contributed by atoms with Crippen LogP contribution in [0.1, 0.15) is 17.5 Å². The lowest BCUT2D eigenvalue weighted by Gasteiger charge is -2.28. The molecule has 2 heterocycles. The van der Waals surface area contributed by atoms with Gasteiger partial charge in [-0.15, -0.1) is 0 Å². The zero-order valence-corrected chi connectivity index (χ0v) is 14.4. The molecule has 1 fully saturated rings. The minimum absolute atomic E-state index is 0.175. The van der Waals surface area contributed by atoms with Crippen molar-refractivity contribution in [1.82, 2.24) is 20.1 Å². The monoisotopic (exact) mass is 352 g/mol. The first kappa shape index (κ1) is 16.9. The lowest BCUT2D eigenvalue weighted by Crippen LogP contribution is -2.38. The van der Waals surface area contributed by atoms with Gasteiger partial charge in [0.15, 0.2) is 0 Å². The molecule has 134 valence electrons. The molecule has 0 amide bonds. The van der Waals surface area contributed by atoms with E-state index in [1.165, 1.54) is 12.4 Å². The van der Waals surface area contributed by atoms with E-state index in [4.69, 9.17) is 4.74 Å². The van der Waals surface area contributed by atoms with Crippen molar-refractivity contribution in [2.24, 2.45) is 0 Å². The van der Waals surface area contributed by atoms with Crippen LogP contribution in [0, 0.1) is 5.82 Å². The van der Waals surface area contributed by atoms with E-state index in [1.54, 1.807) is 23.1 Å². The number of hydrogen-bond donors (Lipinski definition) is 1. The van der Waals surface area contributed by atoms with Crippen LogP contribution in [0.3, 0.4) is 0 Å². The van der Waals surface area contributed by atoms with Gasteiger partial charge in [0, 0.05) is 25.1 Å². The van der Waals surface area contributed by atoms with Gasteiger partial charge in [-0.25, -0.2) is 14.1 Å².